The average molecular weight is 278 g/mol. The maximum absolute atomic E-state index is 4.85. The predicted molar refractivity (Wildman–Crippen MR) is 81.1 cm³/mol. The maximum Gasteiger partial charge on any atom is 0.195 e. The highest BCUT2D eigenvalue weighted by Crippen LogP contribution is 2.34. The van der Waals surface area contributed by atoms with E-state index in [0.717, 1.165) is 30.6 Å². The third-order valence-corrected chi connectivity index (χ3v) is 4.42. The summed E-state index contributed by atoms with van der Waals surface area (Å²) in [7, 11) is 0. The van der Waals surface area contributed by atoms with Crippen LogP contribution in [0.5, 0.6) is 0 Å². The summed E-state index contributed by atoms with van der Waals surface area (Å²) in [6.45, 7) is 7.45. The number of hydrogen-bond donors (Lipinski definition) is 1. The van der Waals surface area contributed by atoms with Crippen molar-refractivity contribution in [3.05, 3.63) is 17.3 Å². The molecule has 2 aromatic heterocycles. The molecular formula is C14H22N4S. The molecule has 0 atom stereocenters. The zero-order chi connectivity index (χ0) is 13.2. The normalized spacial score (nSPS) is 15.3. The van der Waals surface area contributed by atoms with Gasteiger partial charge in [0.1, 0.15) is 0 Å². The quantitative estimate of drug-likeness (QED) is 0.791. The highest BCUT2D eigenvalue weighted by Gasteiger charge is 2.31. The molecule has 5 heteroatoms. The van der Waals surface area contributed by atoms with Gasteiger partial charge in [-0.3, -0.25) is 4.40 Å². The number of anilines is 1. The van der Waals surface area contributed by atoms with Crippen molar-refractivity contribution in [1.29, 1.82) is 0 Å². The molecule has 1 aliphatic carbocycles. The molecule has 19 heavy (non-hydrogen) atoms. The SMILES string of the molecule is CCCNCc1c(N(CC)C2CC2)nc2sccn12. The first kappa shape index (κ1) is 12.9. The minimum absolute atomic E-state index is 0.722. The van der Waals surface area contributed by atoms with E-state index in [-0.39, 0.29) is 0 Å². The standard InChI is InChI=1S/C14H22N4S/c1-3-7-15-10-12-13(17(4-2)11-5-6-11)16-14-18(12)8-9-19-14/h8-9,11,15H,3-7,10H2,1-2H3. The van der Waals surface area contributed by atoms with Gasteiger partial charge in [0.25, 0.3) is 0 Å². The lowest BCUT2D eigenvalue weighted by Crippen LogP contribution is -2.27. The van der Waals surface area contributed by atoms with Crippen molar-refractivity contribution < 1.29 is 0 Å². The molecule has 0 spiro atoms. The molecule has 1 N–H and O–H groups in total. The summed E-state index contributed by atoms with van der Waals surface area (Å²) in [5.74, 6) is 1.19. The van der Waals surface area contributed by atoms with Gasteiger partial charge in [-0.1, -0.05) is 6.92 Å². The van der Waals surface area contributed by atoms with Crippen LogP contribution in [0.15, 0.2) is 11.6 Å². The van der Waals surface area contributed by atoms with Gasteiger partial charge in [-0.15, -0.1) is 11.3 Å². The predicted octanol–water partition coefficient (Wildman–Crippen LogP) is 2.88. The van der Waals surface area contributed by atoms with Crippen LogP contribution in [0.2, 0.25) is 0 Å². The van der Waals surface area contributed by atoms with Crippen LogP contribution in [0, 0.1) is 0 Å². The Kier molecular flexibility index (Phi) is 3.75. The van der Waals surface area contributed by atoms with Crippen molar-refractivity contribution in [3.8, 4) is 0 Å². The second kappa shape index (κ2) is 5.51. The molecule has 4 nitrogen and oxygen atoms in total. The molecule has 0 amide bonds. The minimum Gasteiger partial charge on any atom is -0.352 e. The minimum atomic E-state index is 0.722. The number of rotatable bonds is 7. The van der Waals surface area contributed by atoms with Crippen LogP contribution in [0.25, 0.3) is 4.96 Å². The van der Waals surface area contributed by atoms with Crippen LogP contribution >= 0.6 is 11.3 Å². The fourth-order valence-electron chi connectivity index (χ4n) is 2.57. The van der Waals surface area contributed by atoms with Gasteiger partial charge in [-0.2, -0.15) is 0 Å². The molecule has 104 valence electrons. The van der Waals surface area contributed by atoms with Gasteiger partial charge >= 0.3 is 0 Å². The van der Waals surface area contributed by atoms with Crippen LogP contribution in [-0.4, -0.2) is 28.5 Å². The first-order valence-corrected chi connectivity index (χ1v) is 8.14. The van der Waals surface area contributed by atoms with Crippen molar-refractivity contribution in [2.24, 2.45) is 0 Å². The Morgan fingerprint density at radius 2 is 2.32 bits per heavy atom. The Morgan fingerprint density at radius 1 is 1.47 bits per heavy atom. The topological polar surface area (TPSA) is 32.6 Å². The molecule has 0 unspecified atom stereocenters. The smallest absolute Gasteiger partial charge is 0.195 e. The number of nitrogens with one attached hydrogen (secondary N) is 1. The second-order valence-corrected chi connectivity index (χ2v) is 6.00. The highest BCUT2D eigenvalue weighted by molar-refractivity contribution is 7.15. The first-order valence-electron chi connectivity index (χ1n) is 7.27. The molecule has 3 rings (SSSR count). The van der Waals surface area contributed by atoms with Crippen LogP contribution in [0.1, 0.15) is 38.8 Å². The van der Waals surface area contributed by atoms with E-state index in [4.69, 9.17) is 4.98 Å². The lowest BCUT2D eigenvalue weighted by atomic mass is 10.3. The fraction of sp³-hybridized carbons (Fsp3) is 0.643. The van der Waals surface area contributed by atoms with E-state index in [1.165, 1.54) is 30.8 Å². The van der Waals surface area contributed by atoms with Gasteiger partial charge in [0.15, 0.2) is 10.8 Å². The van der Waals surface area contributed by atoms with E-state index in [0.29, 0.717) is 0 Å². The summed E-state index contributed by atoms with van der Waals surface area (Å²) in [5, 5.41) is 5.63. The Morgan fingerprint density at radius 3 is 3.00 bits per heavy atom. The molecule has 1 fully saturated rings. The molecule has 0 saturated heterocycles. The number of fused-ring (bicyclic) bond motifs is 1. The van der Waals surface area contributed by atoms with Gasteiger partial charge in [-0.25, -0.2) is 4.98 Å². The summed E-state index contributed by atoms with van der Waals surface area (Å²) < 4.78 is 2.24. The van der Waals surface area contributed by atoms with Gasteiger partial charge in [0, 0.05) is 30.7 Å². The summed E-state index contributed by atoms with van der Waals surface area (Å²) in [6, 6.07) is 0.722. The molecule has 2 heterocycles. The summed E-state index contributed by atoms with van der Waals surface area (Å²) >= 11 is 1.72. The number of thiazole rings is 1. The van der Waals surface area contributed by atoms with E-state index in [1.807, 2.05) is 0 Å². The Bertz CT molecular complexity index is 541. The van der Waals surface area contributed by atoms with E-state index >= 15 is 0 Å². The molecule has 0 bridgehead atoms. The average Bonchev–Trinajstić information content (AvgIpc) is 3.04. The molecule has 1 saturated carbocycles. The number of hydrogen-bond acceptors (Lipinski definition) is 4. The van der Waals surface area contributed by atoms with E-state index in [9.17, 15) is 0 Å². The second-order valence-electron chi connectivity index (χ2n) is 5.13. The third-order valence-electron chi connectivity index (χ3n) is 3.66. The first-order chi connectivity index (χ1) is 9.35. The van der Waals surface area contributed by atoms with E-state index in [2.05, 4.69) is 40.0 Å². The maximum atomic E-state index is 4.85. The van der Waals surface area contributed by atoms with E-state index in [1.54, 1.807) is 11.3 Å². The van der Waals surface area contributed by atoms with Gasteiger partial charge in [0.05, 0.1) is 5.69 Å². The summed E-state index contributed by atoms with van der Waals surface area (Å²) in [5.41, 5.74) is 1.32. The zero-order valence-corrected chi connectivity index (χ0v) is 12.5. The number of imidazole rings is 1. The van der Waals surface area contributed by atoms with Gasteiger partial charge in [-0.05, 0) is 32.7 Å². The van der Waals surface area contributed by atoms with Crippen LogP contribution in [0.3, 0.4) is 0 Å². The molecule has 0 radical (unpaired) electrons. The molecule has 2 aromatic rings. The lowest BCUT2D eigenvalue weighted by Gasteiger charge is -2.21. The highest BCUT2D eigenvalue weighted by atomic mass is 32.1. The Labute approximate surface area is 118 Å². The van der Waals surface area contributed by atoms with Crippen LogP contribution < -0.4 is 10.2 Å². The van der Waals surface area contributed by atoms with Crippen LogP contribution in [0.4, 0.5) is 5.82 Å². The molecule has 0 aliphatic heterocycles. The Balaban J connectivity index is 1.92. The number of aromatic nitrogens is 2. The lowest BCUT2D eigenvalue weighted by molar-refractivity contribution is 0.657. The zero-order valence-electron chi connectivity index (χ0n) is 11.7. The Hall–Kier alpha value is -1.07. The van der Waals surface area contributed by atoms with Crippen molar-refractivity contribution in [1.82, 2.24) is 14.7 Å². The monoisotopic (exact) mass is 278 g/mol. The number of nitrogens with zero attached hydrogens (tertiary/aromatic N) is 3. The van der Waals surface area contributed by atoms with Crippen molar-refractivity contribution in [2.75, 3.05) is 18.0 Å². The van der Waals surface area contributed by atoms with Crippen LogP contribution in [-0.2, 0) is 6.54 Å². The molecule has 1 aliphatic rings. The fourth-order valence-corrected chi connectivity index (χ4v) is 3.29. The third kappa shape index (κ3) is 2.49. The van der Waals surface area contributed by atoms with Crippen molar-refractivity contribution >= 4 is 22.1 Å². The summed E-state index contributed by atoms with van der Waals surface area (Å²) in [6.07, 6.45) is 5.95. The largest absolute Gasteiger partial charge is 0.352 e. The molecule has 0 aromatic carbocycles. The molecular weight excluding hydrogens is 256 g/mol. The van der Waals surface area contributed by atoms with E-state index < -0.39 is 0 Å². The van der Waals surface area contributed by atoms with Crippen molar-refractivity contribution in [3.63, 3.8) is 0 Å². The summed E-state index contributed by atoms with van der Waals surface area (Å²) in [4.78, 5) is 8.44. The van der Waals surface area contributed by atoms with Crippen molar-refractivity contribution in [2.45, 2.75) is 45.7 Å². The van der Waals surface area contributed by atoms with Gasteiger partial charge in [0.2, 0.25) is 0 Å². The van der Waals surface area contributed by atoms with Gasteiger partial charge < -0.3 is 10.2 Å².